The van der Waals surface area contributed by atoms with E-state index in [0.29, 0.717) is 5.69 Å². The van der Waals surface area contributed by atoms with Crippen LogP contribution in [-0.4, -0.2) is 44.8 Å². The summed E-state index contributed by atoms with van der Waals surface area (Å²) in [5, 5.41) is 2.69. The standard InChI is InChI=1S/C32H32BrN3O4S/c1-24-13-19-29(20-14-24)41(39,40)36(28-17-15-27(33)16-18-28)23-31(37)35(22-26-11-7-4-8-12-26)30(32(38)34-2)21-25-9-5-3-6-10-25/h3-20,30H,21-23H2,1-2H3,(H,34,38)/t30-/m0/s1. The minimum absolute atomic E-state index is 0.0700. The summed E-state index contributed by atoms with van der Waals surface area (Å²) in [4.78, 5) is 29.0. The van der Waals surface area contributed by atoms with Crippen LogP contribution in [-0.2, 0) is 32.6 Å². The number of carbonyl (C=O) groups excluding carboxylic acids is 2. The van der Waals surface area contributed by atoms with E-state index >= 15 is 0 Å². The van der Waals surface area contributed by atoms with Crippen LogP contribution in [0.3, 0.4) is 0 Å². The van der Waals surface area contributed by atoms with E-state index in [9.17, 15) is 18.0 Å². The van der Waals surface area contributed by atoms with Crippen molar-refractivity contribution < 1.29 is 18.0 Å². The topological polar surface area (TPSA) is 86.8 Å². The Morgan fingerprint density at radius 1 is 0.805 bits per heavy atom. The van der Waals surface area contributed by atoms with Crippen molar-refractivity contribution in [2.45, 2.75) is 30.8 Å². The Labute approximate surface area is 250 Å². The molecule has 4 aromatic rings. The predicted octanol–water partition coefficient (Wildman–Crippen LogP) is 5.34. The summed E-state index contributed by atoms with van der Waals surface area (Å²) in [6.07, 6.45) is 0.266. The molecular weight excluding hydrogens is 602 g/mol. The van der Waals surface area contributed by atoms with Crippen LogP contribution < -0.4 is 9.62 Å². The van der Waals surface area contributed by atoms with Gasteiger partial charge in [0.25, 0.3) is 10.0 Å². The lowest BCUT2D eigenvalue weighted by Gasteiger charge is -2.33. The van der Waals surface area contributed by atoms with Crippen LogP contribution in [0, 0.1) is 6.92 Å². The number of benzene rings is 4. The molecule has 0 saturated heterocycles. The number of amides is 2. The number of carbonyl (C=O) groups is 2. The summed E-state index contributed by atoms with van der Waals surface area (Å²) in [5.41, 5.74) is 2.95. The van der Waals surface area contributed by atoms with Crippen LogP contribution in [0.15, 0.2) is 119 Å². The highest BCUT2D eigenvalue weighted by Crippen LogP contribution is 2.26. The van der Waals surface area contributed by atoms with Crippen LogP contribution in [0.5, 0.6) is 0 Å². The number of nitrogens with zero attached hydrogens (tertiary/aromatic N) is 2. The van der Waals surface area contributed by atoms with Crippen molar-refractivity contribution in [1.82, 2.24) is 10.2 Å². The van der Waals surface area contributed by atoms with E-state index in [1.54, 1.807) is 36.4 Å². The number of aryl methyl sites for hydroxylation is 1. The van der Waals surface area contributed by atoms with Gasteiger partial charge in [-0.15, -0.1) is 0 Å². The van der Waals surface area contributed by atoms with Gasteiger partial charge in [-0.3, -0.25) is 13.9 Å². The predicted molar refractivity (Wildman–Crippen MR) is 165 cm³/mol. The van der Waals surface area contributed by atoms with Gasteiger partial charge in [0, 0.05) is 24.5 Å². The molecule has 41 heavy (non-hydrogen) atoms. The first-order chi connectivity index (χ1) is 19.7. The fraction of sp³-hybridized carbons (Fsp3) is 0.188. The lowest BCUT2D eigenvalue weighted by molar-refractivity contribution is -0.139. The molecular formula is C32H32BrN3O4S. The van der Waals surface area contributed by atoms with Crippen molar-refractivity contribution in [2.24, 2.45) is 0 Å². The van der Waals surface area contributed by atoms with Crippen LogP contribution in [0.1, 0.15) is 16.7 Å². The molecule has 0 unspecified atom stereocenters. The Morgan fingerprint density at radius 3 is 1.93 bits per heavy atom. The maximum Gasteiger partial charge on any atom is 0.264 e. The van der Waals surface area contributed by atoms with Gasteiger partial charge in [0.15, 0.2) is 0 Å². The van der Waals surface area contributed by atoms with Crippen molar-refractivity contribution in [3.63, 3.8) is 0 Å². The largest absolute Gasteiger partial charge is 0.357 e. The Morgan fingerprint density at radius 2 is 1.37 bits per heavy atom. The molecule has 4 rings (SSSR count). The average Bonchev–Trinajstić information content (AvgIpc) is 2.99. The Kier molecular flexibility index (Phi) is 9.96. The van der Waals surface area contributed by atoms with Gasteiger partial charge < -0.3 is 10.2 Å². The summed E-state index contributed by atoms with van der Waals surface area (Å²) in [5.74, 6) is -0.841. The summed E-state index contributed by atoms with van der Waals surface area (Å²) in [7, 11) is -2.60. The zero-order valence-corrected chi connectivity index (χ0v) is 25.3. The van der Waals surface area contributed by atoms with Crippen LogP contribution >= 0.6 is 15.9 Å². The summed E-state index contributed by atoms with van der Waals surface area (Å²) >= 11 is 3.40. The van der Waals surface area contributed by atoms with Crippen LogP contribution in [0.25, 0.3) is 0 Å². The molecule has 2 amide bonds. The van der Waals surface area contributed by atoms with E-state index in [1.165, 1.54) is 24.1 Å². The van der Waals surface area contributed by atoms with E-state index in [1.807, 2.05) is 67.6 Å². The molecule has 4 aromatic carbocycles. The molecule has 0 aliphatic rings. The van der Waals surface area contributed by atoms with Crippen molar-refractivity contribution in [3.05, 3.63) is 130 Å². The average molecular weight is 635 g/mol. The van der Waals surface area contributed by atoms with Gasteiger partial charge in [-0.05, 0) is 54.4 Å². The maximum atomic E-state index is 14.2. The van der Waals surface area contributed by atoms with E-state index in [0.717, 1.165) is 25.5 Å². The van der Waals surface area contributed by atoms with E-state index in [-0.39, 0.29) is 23.8 Å². The second-order valence-corrected chi connectivity index (χ2v) is 12.4. The quantitative estimate of drug-likeness (QED) is 0.242. The Balaban J connectivity index is 1.77. The molecule has 9 heteroatoms. The monoisotopic (exact) mass is 633 g/mol. The van der Waals surface area contributed by atoms with Crippen molar-refractivity contribution >= 4 is 43.5 Å². The molecule has 0 bridgehead atoms. The highest BCUT2D eigenvalue weighted by atomic mass is 79.9. The van der Waals surface area contributed by atoms with E-state index < -0.39 is 28.5 Å². The van der Waals surface area contributed by atoms with Gasteiger partial charge in [0.2, 0.25) is 11.8 Å². The lowest BCUT2D eigenvalue weighted by atomic mass is 10.0. The Bertz CT molecular complexity index is 1560. The van der Waals surface area contributed by atoms with Crippen molar-refractivity contribution in [2.75, 3.05) is 17.9 Å². The molecule has 212 valence electrons. The first-order valence-corrected chi connectivity index (χ1v) is 15.4. The zero-order chi connectivity index (χ0) is 29.4. The Hall–Kier alpha value is -3.95. The molecule has 0 aromatic heterocycles. The molecule has 0 aliphatic carbocycles. The molecule has 0 saturated carbocycles. The lowest BCUT2D eigenvalue weighted by Crippen LogP contribution is -2.53. The van der Waals surface area contributed by atoms with Gasteiger partial charge in [0.1, 0.15) is 12.6 Å². The molecule has 0 radical (unpaired) electrons. The number of sulfonamides is 1. The first-order valence-electron chi connectivity index (χ1n) is 13.1. The minimum Gasteiger partial charge on any atom is -0.357 e. The van der Waals surface area contributed by atoms with Crippen molar-refractivity contribution in [3.8, 4) is 0 Å². The number of hydrogen-bond acceptors (Lipinski definition) is 4. The number of hydrogen-bond donors (Lipinski definition) is 1. The second-order valence-electron chi connectivity index (χ2n) is 9.63. The fourth-order valence-electron chi connectivity index (χ4n) is 4.47. The highest BCUT2D eigenvalue weighted by molar-refractivity contribution is 9.10. The number of halogens is 1. The first kappa shape index (κ1) is 30.0. The third-order valence-electron chi connectivity index (χ3n) is 6.72. The van der Waals surface area contributed by atoms with E-state index in [2.05, 4.69) is 21.2 Å². The fourth-order valence-corrected chi connectivity index (χ4v) is 6.15. The number of nitrogens with one attached hydrogen (secondary N) is 1. The third-order valence-corrected chi connectivity index (χ3v) is 9.03. The number of rotatable bonds is 11. The van der Waals surface area contributed by atoms with Crippen molar-refractivity contribution in [1.29, 1.82) is 0 Å². The normalized spacial score (nSPS) is 11.9. The van der Waals surface area contributed by atoms with Gasteiger partial charge in [-0.2, -0.15) is 0 Å². The number of likely N-dealkylation sites (N-methyl/N-ethyl adjacent to an activating group) is 1. The highest BCUT2D eigenvalue weighted by Gasteiger charge is 2.34. The second kappa shape index (κ2) is 13.6. The summed E-state index contributed by atoms with van der Waals surface area (Å²) < 4.78 is 29.8. The molecule has 1 N–H and O–H groups in total. The van der Waals surface area contributed by atoms with Gasteiger partial charge in [-0.25, -0.2) is 8.42 Å². The number of anilines is 1. The molecule has 0 fully saturated rings. The van der Waals surface area contributed by atoms with E-state index in [4.69, 9.17) is 0 Å². The molecule has 0 aliphatic heterocycles. The van der Waals surface area contributed by atoms with Gasteiger partial charge >= 0.3 is 0 Å². The minimum atomic E-state index is -4.13. The smallest absolute Gasteiger partial charge is 0.264 e. The third kappa shape index (κ3) is 7.62. The summed E-state index contributed by atoms with van der Waals surface area (Å²) in [6, 6.07) is 31.2. The van der Waals surface area contributed by atoms with Gasteiger partial charge in [-0.1, -0.05) is 94.3 Å². The molecule has 7 nitrogen and oxygen atoms in total. The molecule has 1 atom stereocenters. The van der Waals surface area contributed by atoms with Crippen LogP contribution in [0.2, 0.25) is 0 Å². The SMILES string of the molecule is CNC(=O)[C@H](Cc1ccccc1)N(Cc1ccccc1)C(=O)CN(c1ccc(Br)cc1)S(=O)(=O)c1ccc(C)cc1. The summed E-state index contributed by atoms with van der Waals surface area (Å²) in [6.45, 7) is 1.51. The zero-order valence-electron chi connectivity index (χ0n) is 22.9. The molecule has 0 spiro atoms. The maximum absolute atomic E-state index is 14.2. The van der Waals surface area contributed by atoms with Gasteiger partial charge in [0.05, 0.1) is 10.6 Å². The van der Waals surface area contributed by atoms with Crippen LogP contribution in [0.4, 0.5) is 5.69 Å². The molecule has 0 heterocycles.